The first-order chi connectivity index (χ1) is 37.6. The fourth-order valence-corrected chi connectivity index (χ4v) is 5.35. The molecule has 0 aromatic heterocycles. The first-order valence-electron chi connectivity index (χ1n) is 23.7. The highest BCUT2D eigenvalue weighted by Gasteiger charge is 2.37. The first-order valence-corrected chi connectivity index (χ1v) is 25.8. The molecule has 83 heavy (non-hydrogen) atoms. The Morgan fingerprint density at radius 1 is 0.470 bits per heavy atom. The van der Waals surface area contributed by atoms with Gasteiger partial charge in [0.05, 0.1) is 55.3 Å². The first kappa shape index (κ1) is 84.9. The largest absolute Gasteiger partial charge is 0.307 e. The molecule has 24 heteroatoms. The lowest BCUT2D eigenvalue weighted by molar-refractivity contribution is -0.138. The zero-order valence-electron chi connectivity index (χ0n) is 47.5. The number of carbonyl (C=O) groups excluding carboxylic acids is 14. The molecule has 0 radical (unpaired) electrons. The van der Waals surface area contributed by atoms with Crippen molar-refractivity contribution in [3.8, 4) is 0 Å². The van der Waals surface area contributed by atoms with Crippen molar-refractivity contribution in [2.75, 3.05) is 5.88 Å². The van der Waals surface area contributed by atoms with Gasteiger partial charge in [-0.25, -0.2) is 4.39 Å². The summed E-state index contributed by atoms with van der Waals surface area (Å²) >= 11 is 27.6. The molecular weight excluding hydrogens is 1200 g/mol. The Morgan fingerprint density at radius 3 is 1.06 bits per heavy atom. The summed E-state index contributed by atoms with van der Waals surface area (Å²) in [4.78, 5) is 152. The Kier molecular flexibility index (Phi) is 42.1. The summed E-state index contributed by atoms with van der Waals surface area (Å²) in [5.41, 5.74) is -1.44. The van der Waals surface area contributed by atoms with Gasteiger partial charge >= 0.3 is 11.8 Å². The summed E-state index contributed by atoms with van der Waals surface area (Å²) < 4.78 is 62.6. The van der Waals surface area contributed by atoms with E-state index in [9.17, 15) is 89.1 Å². The fraction of sp³-hybridized carbons (Fsp3) is 0.322. The van der Waals surface area contributed by atoms with Gasteiger partial charge in [0.2, 0.25) is 11.6 Å². The Morgan fingerprint density at radius 2 is 0.807 bits per heavy atom. The van der Waals surface area contributed by atoms with E-state index < -0.39 is 75.0 Å². The normalized spacial score (nSPS) is 10.6. The predicted octanol–water partition coefficient (Wildman–Crippen LogP) is 13.2. The van der Waals surface area contributed by atoms with E-state index in [1.807, 2.05) is 0 Å². The predicted molar refractivity (Wildman–Crippen MR) is 312 cm³/mol. The minimum atomic E-state index is -3.65. The van der Waals surface area contributed by atoms with E-state index in [0.29, 0.717) is 38.1 Å². The summed E-state index contributed by atoms with van der Waals surface area (Å²) in [6.07, 6.45) is -0.693. The molecule has 2 aromatic carbocycles. The number of carbonyl (C=O) groups is 14. The van der Waals surface area contributed by atoms with Crippen molar-refractivity contribution < 1.29 is 89.1 Å². The molecule has 454 valence electrons. The van der Waals surface area contributed by atoms with Gasteiger partial charge in [0.1, 0.15) is 0 Å². The fourth-order valence-electron chi connectivity index (χ4n) is 4.44. The summed E-state index contributed by atoms with van der Waals surface area (Å²) in [5, 5.41) is 0.0823. The summed E-state index contributed by atoms with van der Waals surface area (Å²) in [6, 6.07) is 9.86. The number of hydrogen-bond acceptors (Lipinski definition) is 14. The molecule has 0 aliphatic carbocycles. The molecule has 0 fully saturated rings. The Hall–Kier alpha value is -6.90. The van der Waals surface area contributed by atoms with E-state index in [1.165, 1.54) is 70.2 Å². The molecule has 0 amide bonds. The Bertz CT molecular complexity index is 2850. The van der Waals surface area contributed by atoms with Gasteiger partial charge in [-0.1, -0.05) is 102 Å². The molecule has 0 bridgehead atoms. The maximum atomic E-state index is 12.8. The third-order valence-corrected chi connectivity index (χ3v) is 10.9. The lowest BCUT2D eigenvalue weighted by Gasteiger charge is -2.11. The van der Waals surface area contributed by atoms with Crippen molar-refractivity contribution in [3.05, 3.63) is 154 Å². The van der Waals surface area contributed by atoms with Crippen LogP contribution in [0.3, 0.4) is 0 Å². The van der Waals surface area contributed by atoms with Crippen molar-refractivity contribution >= 4 is 139 Å². The number of allylic oxidation sites excluding steroid dienone is 7. The van der Waals surface area contributed by atoms with Crippen LogP contribution in [0.15, 0.2) is 128 Å². The van der Waals surface area contributed by atoms with Crippen molar-refractivity contribution in [2.24, 2.45) is 0 Å². The van der Waals surface area contributed by atoms with Crippen LogP contribution >= 0.6 is 58.0 Å². The van der Waals surface area contributed by atoms with Gasteiger partial charge in [-0.2, -0.15) is 17.6 Å². The van der Waals surface area contributed by atoms with Gasteiger partial charge in [-0.3, -0.25) is 67.1 Å². The number of Topliss-reactive ketones (excluding diaryl/α,β-unsaturated/α-hetero) is 14. The van der Waals surface area contributed by atoms with Crippen LogP contribution in [0.2, 0.25) is 15.1 Å². The molecule has 0 N–H and O–H groups in total. The topological polar surface area (TPSA) is 239 Å². The maximum Gasteiger partial charge on any atom is 0.307 e. The smallest absolute Gasteiger partial charge is 0.294 e. The third-order valence-electron chi connectivity index (χ3n) is 9.62. The number of alkyl halides is 7. The third kappa shape index (κ3) is 34.3. The van der Waals surface area contributed by atoms with Crippen LogP contribution < -0.4 is 0 Å². The van der Waals surface area contributed by atoms with Crippen LogP contribution in [0.1, 0.15) is 116 Å². The maximum absolute atomic E-state index is 12.8. The van der Waals surface area contributed by atoms with Crippen LogP contribution in [0.4, 0.5) is 22.0 Å². The zero-order valence-corrected chi connectivity index (χ0v) is 51.2. The van der Waals surface area contributed by atoms with Crippen LogP contribution in [-0.2, 0) is 57.5 Å². The van der Waals surface area contributed by atoms with E-state index in [4.69, 9.17) is 58.0 Å². The highest BCUT2D eigenvalue weighted by atomic mass is 35.5. The SMILES string of the molecule is C=C(C(=O)CC)C(=O)CCl.C=C(C(=O)c1ccc(Cl)cc1)C(=O)C(C)F.C=C(C(=O)c1ccc(Cl)cc1Cl)C(=O)C(C)(F)F.C=C(C(C)=O)C(=O)C(C)(F)F.C=C(C(C)=O)C(=O)C(C)Cl.C=C(C(C)=O)C(=O)CC.C=C(C(C)=O)C(=O)CC. The molecule has 14 nitrogen and oxygen atoms in total. The standard InChI is InChI=1S/C12H8Cl2F2O2.C12H10ClFO2.2C7H9ClO2.C7H8F2O2.2C7H10O2/c1-6(11(18)12(2,15)16)10(17)8-4-3-7(13)5-9(8)14;1-7(11(15)8(2)14)12(16)9-3-5-10(13)6-4-9;1-4(6(3)9)7(10)5(2)8;1-3-6(9)5(2)7(10)4-8;1-4(5(2)10)6(11)7(3,8)9;2*1-4-7(9)5(2)6(3)8/h3-5H,1H2,2H3;3-6,8H,1H2,2H3;5H,1H2,2-3H3;2-4H2,1H3;1H2,2-3H3;2*2,4H2,1,3H3. The summed E-state index contributed by atoms with van der Waals surface area (Å²) in [7, 11) is 0. The zero-order chi connectivity index (χ0) is 66.9. The number of halogens is 10. The van der Waals surface area contributed by atoms with Crippen LogP contribution in [0, 0.1) is 0 Å². The van der Waals surface area contributed by atoms with Crippen LogP contribution in [0.5, 0.6) is 0 Å². The number of benzene rings is 2. The minimum Gasteiger partial charge on any atom is -0.294 e. The Balaban J connectivity index is -0.000000291. The number of hydrogen-bond donors (Lipinski definition) is 0. The van der Waals surface area contributed by atoms with Gasteiger partial charge in [0.15, 0.2) is 75.6 Å². The molecule has 2 atom stereocenters. The molecule has 2 aromatic rings. The quantitative estimate of drug-likeness (QED) is 0.0237. The molecule has 0 saturated heterocycles. The highest BCUT2D eigenvalue weighted by molar-refractivity contribution is 6.40. The minimum absolute atomic E-state index is 0.0116. The van der Waals surface area contributed by atoms with Crippen molar-refractivity contribution in [2.45, 2.75) is 119 Å². The van der Waals surface area contributed by atoms with Crippen LogP contribution in [-0.4, -0.2) is 110 Å². The molecular formula is C59H64Cl5F5O14. The van der Waals surface area contributed by atoms with Gasteiger partial charge in [0, 0.05) is 54.3 Å². The lowest BCUT2D eigenvalue weighted by Crippen LogP contribution is -2.29. The second-order valence-corrected chi connectivity index (χ2v) is 18.8. The van der Waals surface area contributed by atoms with Gasteiger partial charge in [-0.15, -0.1) is 23.2 Å². The van der Waals surface area contributed by atoms with E-state index in [0.717, 1.165) is 13.8 Å². The van der Waals surface area contributed by atoms with E-state index >= 15 is 0 Å². The molecule has 2 rings (SSSR count). The summed E-state index contributed by atoms with van der Waals surface area (Å²) in [6.45, 7) is 36.1. The summed E-state index contributed by atoms with van der Waals surface area (Å²) in [5.74, 6) is -15.7. The Labute approximate surface area is 503 Å². The second-order valence-electron chi connectivity index (χ2n) is 16.6. The van der Waals surface area contributed by atoms with Crippen LogP contribution in [0.25, 0.3) is 0 Å². The molecule has 0 aliphatic rings. The van der Waals surface area contributed by atoms with Crippen molar-refractivity contribution in [3.63, 3.8) is 0 Å². The van der Waals surface area contributed by atoms with E-state index in [2.05, 4.69) is 46.1 Å². The molecule has 0 aliphatic heterocycles. The van der Waals surface area contributed by atoms with Gasteiger partial charge in [-0.05, 0) is 84.0 Å². The molecule has 0 heterocycles. The molecule has 0 spiro atoms. The number of rotatable bonds is 24. The van der Waals surface area contributed by atoms with Crippen molar-refractivity contribution in [1.29, 1.82) is 0 Å². The monoisotopic (exact) mass is 1270 g/mol. The lowest BCUT2D eigenvalue weighted by atomic mass is 9.99. The average Bonchev–Trinajstić information content (AvgIpc) is 3.43. The number of ketones is 14. The second kappa shape index (κ2) is 41.2. The highest BCUT2D eigenvalue weighted by Crippen LogP contribution is 2.26. The van der Waals surface area contributed by atoms with Gasteiger partial charge < -0.3 is 0 Å². The van der Waals surface area contributed by atoms with Gasteiger partial charge in [0.25, 0.3) is 0 Å². The van der Waals surface area contributed by atoms with Crippen molar-refractivity contribution in [1.82, 2.24) is 0 Å². The molecule has 2 unspecified atom stereocenters. The van der Waals surface area contributed by atoms with E-state index in [-0.39, 0.29) is 95.4 Å². The van der Waals surface area contributed by atoms with E-state index in [1.54, 1.807) is 20.8 Å². The molecule has 0 saturated carbocycles. The average molecular weight is 1270 g/mol.